The van der Waals surface area contributed by atoms with Crippen molar-refractivity contribution in [2.75, 3.05) is 12.3 Å². The summed E-state index contributed by atoms with van der Waals surface area (Å²) in [6.07, 6.45) is 12.0. The van der Waals surface area contributed by atoms with E-state index in [0.29, 0.717) is 6.54 Å². The molecule has 1 N–H and O–H groups in total. The summed E-state index contributed by atoms with van der Waals surface area (Å²) >= 11 is 0.985. The van der Waals surface area contributed by atoms with Crippen molar-refractivity contribution < 1.29 is 17.8 Å². The largest absolute Gasteiger partial charge is 0.315 e. The van der Waals surface area contributed by atoms with Gasteiger partial charge in [0.25, 0.3) is 10.1 Å². The molecule has 1 aliphatic rings. The molecule has 0 radical (unpaired) electrons. The van der Waals surface area contributed by atoms with E-state index in [1.54, 1.807) is 0 Å². The molecule has 0 aliphatic carbocycles. The summed E-state index contributed by atoms with van der Waals surface area (Å²) in [5.41, 5.74) is 0. The predicted octanol–water partition coefficient (Wildman–Crippen LogP) is 3.65. The van der Waals surface area contributed by atoms with Crippen molar-refractivity contribution in [3.05, 3.63) is 0 Å². The van der Waals surface area contributed by atoms with Crippen molar-refractivity contribution >= 4 is 27.8 Å². The number of carbonyl (C=O) groups is 1. The van der Waals surface area contributed by atoms with E-state index in [1.807, 2.05) is 0 Å². The molecule has 1 aliphatic heterocycles. The Balaban J connectivity index is 2.07. The van der Waals surface area contributed by atoms with Crippen molar-refractivity contribution in [1.82, 2.24) is 4.90 Å². The Kier molecular flexibility index (Phi) is 9.43. The van der Waals surface area contributed by atoms with E-state index in [-0.39, 0.29) is 11.7 Å². The molecule has 0 saturated carbocycles. The summed E-state index contributed by atoms with van der Waals surface area (Å²) in [5.74, 6) is -0.0501. The summed E-state index contributed by atoms with van der Waals surface area (Å²) in [6, 6.07) is 0. The summed E-state index contributed by atoms with van der Waals surface area (Å²) in [7, 11) is -4.18. The fourth-order valence-electron chi connectivity index (χ4n) is 2.68. The Labute approximate surface area is 139 Å². The van der Waals surface area contributed by atoms with E-state index in [9.17, 15) is 13.2 Å². The molecular weight excluding hydrogens is 322 g/mol. The number of hydrogen-bond acceptors (Lipinski definition) is 4. The number of thioether (sulfide) groups is 1. The maximum absolute atomic E-state index is 11.7. The first-order valence-electron chi connectivity index (χ1n) is 8.34. The van der Waals surface area contributed by atoms with Gasteiger partial charge in [-0.2, -0.15) is 8.42 Å². The van der Waals surface area contributed by atoms with Crippen molar-refractivity contribution in [3.8, 4) is 0 Å². The van der Waals surface area contributed by atoms with Gasteiger partial charge >= 0.3 is 0 Å². The minimum Gasteiger partial charge on any atom is -0.315 e. The average molecular weight is 352 g/mol. The van der Waals surface area contributed by atoms with Crippen LogP contribution in [0.4, 0.5) is 0 Å². The van der Waals surface area contributed by atoms with Crippen molar-refractivity contribution in [2.45, 2.75) is 75.8 Å². The lowest BCUT2D eigenvalue weighted by Gasteiger charge is -2.21. The molecule has 1 fully saturated rings. The van der Waals surface area contributed by atoms with Gasteiger partial charge in [0.2, 0.25) is 10.6 Å². The van der Waals surface area contributed by atoms with Crippen LogP contribution in [-0.2, 0) is 14.9 Å². The molecule has 1 amide bonds. The molecule has 7 heteroatoms. The maximum atomic E-state index is 11.7. The quantitative estimate of drug-likeness (QED) is 0.429. The third-order valence-electron chi connectivity index (χ3n) is 3.93. The highest BCUT2D eigenvalue weighted by Crippen LogP contribution is 2.28. The zero-order valence-electron chi connectivity index (χ0n) is 13.5. The Morgan fingerprint density at radius 2 is 1.55 bits per heavy atom. The van der Waals surface area contributed by atoms with Crippen LogP contribution in [0, 0.1) is 0 Å². The van der Waals surface area contributed by atoms with Crippen LogP contribution in [0.3, 0.4) is 0 Å². The highest BCUT2D eigenvalue weighted by atomic mass is 32.3. The number of rotatable bonds is 12. The lowest BCUT2D eigenvalue weighted by Crippen LogP contribution is -2.38. The van der Waals surface area contributed by atoms with Crippen molar-refractivity contribution in [1.29, 1.82) is 0 Å². The van der Waals surface area contributed by atoms with Crippen LogP contribution in [0.2, 0.25) is 0 Å². The van der Waals surface area contributed by atoms with Crippen LogP contribution >= 0.6 is 11.8 Å². The normalized spacial score (nSPS) is 19.1. The molecule has 130 valence electrons. The Hall–Kier alpha value is -0.270. The summed E-state index contributed by atoms with van der Waals surface area (Å²) < 4.78 is 30.5. The number of unbranched alkanes of at least 4 members (excludes halogenated alkanes) is 9. The molecule has 0 bridgehead atoms. The van der Waals surface area contributed by atoms with Gasteiger partial charge in [0.1, 0.15) is 0 Å². The molecule has 0 spiro atoms. The van der Waals surface area contributed by atoms with Gasteiger partial charge in [-0.25, -0.2) is 0 Å². The van der Waals surface area contributed by atoms with E-state index >= 15 is 0 Å². The number of carbonyl (C=O) groups excluding carboxylic acids is 1. The van der Waals surface area contributed by atoms with Crippen LogP contribution in [0.15, 0.2) is 0 Å². The smallest absolute Gasteiger partial charge is 0.296 e. The van der Waals surface area contributed by atoms with Gasteiger partial charge in [0.05, 0.1) is 5.75 Å². The molecule has 5 nitrogen and oxygen atoms in total. The molecule has 1 heterocycles. The molecule has 1 atom stereocenters. The minimum absolute atomic E-state index is 0.141. The van der Waals surface area contributed by atoms with Gasteiger partial charge in [0.15, 0.2) is 0 Å². The Bertz CT molecular complexity index is 425. The van der Waals surface area contributed by atoms with Gasteiger partial charge in [-0.05, 0) is 6.42 Å². The lowest BCUT2D eigenvalue weighted by atomic mass is 10.1. The topological polar surface area (TPSA) is 74.7 Å². The zero-order chi connectivity index (χ0) is 16.4. The summed E-state index contributed by atoms with van der Waals surface area (Å²) in [5, 5.41) is 0. The molecule has 22 heavy (non-hydrogen) atoms. The van der Waals surface area contributed by atoms with Crippen LogP contribution in [-0.4, -0.2) is 40.8 Å². The van der Waals surface area contributed by atoms with E-state index in [4.69, 9.17) is 4.55 Å². The second-order valence-corrected chi connectivity index (χ2v) is 8.75. The highest BCUT2D eigenvalue weighted by Gasteiger charge is 2.39. The zero-order valence-corrected chi connectivity index (χ0v) is 15.1. The summed E-state index contributed by atoms with van der Waals surface area (Å²) in [4.78, 5) is 12.9. The second-order valence-electron chi connectivity index (χ2n) is 5.90. The molecule has 0 aromatic rings. The molecule has 0 aromatic carbocycles. The van der Waals surface area contributed by atoms with Gasteiger partial charge in [0, 0.05) is 6.54 Å². The molecule has 0 aromatic heterocycles. The first-order valence-corrected chi connectivity index (χ1v) is 10.9. The number of amides is 1. The number of nitrogens with zero attached hydrogens (tertiary/aromatic N) is 1. The molecule has 1 unspecified atom stereocenters. The Morgan fingerprint density at radius 1 is 1.05 bits per heavy atom. The van der Waals surface area contributed by atoms with Crippen molar-refractivity contribution in [3.63, 3.8) is 0 Å². The minimum atomic E-state index is -4.18. The summed E-state index contributed by atoms with van der Waals surface area (Å²) in [6.45, 7) is 2.64. The second kappa shape index (κ2) is 10.5. The number of hydrogen-bond donors (Lipinski definition) is 1. The first-order chi connectivity index (χ1) is 10.5. The van der Waals surface area contributed by atoms with Gasteiger partial charge < -0.3 is 4.90 Å². The van der Waals surface area contributed by atoms with Gasteiger partial charge in [-0.3, -0.25) is 9.35 Å². The van der Waals surface area contributed by atoms with E-state index in [1.165, 1.54) is 49.8 Å². The van der Waals surface area contributed by atoms with Crippen LogP contribution in [0.1, 0.15) is 71.1 Å². The van der Waals surface area contributed by atoms with Crippen LogP contribution in [0.5, 0.6) is 0 Å². The Morgan fingerprint density at radius 3 is 2.05 bits per heavy atom. The fourth-order valence-corrected chi connectivity index (χ4v) is 4.97. The third-order valence-corrected chi connectivity index (χ3v) is 6.79. The van der Waals surface area contributed by atoms with E-state index in [2.05, 4.69) is 6.92 Å². The maximum Gasteiger partial charge on any atom is 0.296 e. The standard InChI is InChI=1S/C15H29NO4S2/c1-2-3-4-5-6-7-8-9-10-11-12-16-14(17)13-21-15(16)22(18,19)20/h15H,2-13H2,1H3,(H,18,19,20). The van der Waals surface area contributed by atoms with E-state index < -0.39 is 14.8 Å². The van der Waals surface area contributed by atoms with Gasteiger partial charge in [-0.15, -0.1) is 11.8 Å². The van der Waals surface area contributed by atoms with Crippen molar-refractivity contribution in [2.24, 2.45) is 0 Å². The third kappa shape index (κ3) is 7.33. The highest BCUT2D eigenvalue weighted by molar-refractivity contribution is 8.12. The van der Waals surface area contributed by atoms with Gasteiger partial charge in [-0.1, -0.05) is 64.7 Å². The first kappa shape index (κ1) is 19.8. The van der Waals surface area contributed by atoms with E-state index in [0.717, 1.165) is 31.0 Å². The molecule has 1 saturated heterocycles. The predicted molar refractivity (Wildman–Crippen MR) is 91.4 cm³/mol. The fraction of sp³-hybridized carbons (Fsp3) is 0.933. The lowest BCUT2D eigenvalue weighted by molar-refractivity contribution is -0.127. The molecule has 1 rings (SSSR count). The average Bonchev–Trinajstić information content (AvgIpc) is 2.82. The van der Waals surface area contributed by atoms with Crippen LogP contribution < -0.4 is 0 Å². The monoisotopic (exact) mass is 351 g/mol. The van der Waals surface area contributed by atoms with Crippen LogP contribution in [0.25, 0.3) is 0 Å². The molecular formula is C15H29NO4S2. The SMILES string of the molecule is CCCCCCCCCCCCN1C(=O)CSC1S(=O)(=O)O.